The predicted octanol–water partition coefficient (Wildman–Crippen LogP) is 2.52. The van der Waals surface area contributed by atoms with Gasteiger partial charge in [0.05, 0.1) is 22.9 Å². The van der Waals surface area contributed by atoms with Crippen molar-refractivity contribution in [1.82, 2.24) is 4.98 Å². The first-order chi connectivity index (χ1) is 7.59. The molecule has 2 aromatic rings. The van der Waals surface area contributed by atoms with Gasteiger partial charge in [0, 0.05) is 29.6 Å². The van der Waals surface area contributed by atoms with Crippen LogP contribution in [-0.4, -0.2) is 10.9 Å². The monoisotopic (exact) mass is 327 g/mol. The van der Waals surface area contributed by atoms with Crippen LogP contribution in [0, 0.1) is 0 Å². The van der Waals surface area contributed by atoms with Crippen LogP contribution in [0.5, 0.6) is 0 Å². The van der Waals surface area contributed by atoms with Gasteiger partial charge in [0.25, 0.3) is 0 Å². The highest BCUT2D eigenvalue weighted by Crippen LogP contribution is 2.25. The Morgan fingerprint density at radius 1 is 1.50 bits per heavy atom. The fourth-order valence-electron chi connectivity index (χ4n) is 1.45. The normalized spacial score (nSPS) is 10.4. The molecule has 1 amide bonds. The van der Waals surface area contributed by atoms with Crippen LogP contribution in [0.15, 0.2) is 30.5 Å². The summed E-state index contributed by atoms with van der Waals surface area (Å²) in [7, 11) is 0. The summed E-state index contributed by atoms with van der Waals surface area (Å²) in [6.07, 6.45) is 1.72. The van der Waals surface area contributed by atoms with E-state index in [1.165, 1.54) is 10.0 Å². The standard InChI is InChI=1S/C11H10IN3O/c1-7(16)15(12)11-5-9-8(6-14-11)3-2-4-10(9)13/h2-6H,13H2,1H3. The number of amides is 1. The zero-order chi connectivity index (χ0) is 11.7. The van der Waals surface area contributed by atoms with Crippen molar-refractivity contribution in [3.63, 3.8) is 0 Å². The number of nitrogen functional groups attached to an aromatic ring is 1. The van der Waals surface area contributed by atoms with Gasteiger partial charge in [-0.3, -0.25) is 4.79 Å². The molecule has 0 aliphatic rings. The third-order valence-electron chi connectivity index (χ3n) is 2.26. The Kier molecular flexibility index (Phi) is 2.95. The molecule has 4 nitrogen and oxygen atoms in total. The zero-order valence-corrected chi connectivity index (χ0v) is 10.8. The van der Waals surface area contributed by atoms with Crippen molar-refractivity contribution in [2.45, 2.75) is 6.92 Å². The number of hydrogen-bond donors (Lipinski definition) is 1. The van der Waals surface area contributed by atoms with Gasteiger partial charge < -0.3 is 5.73 Å². The number of nitrogens with zero attached hydrogens (tertiary/aromatic N) is 2. The summed E-state index contributed by atoms with van der Waals surface area (Å²) in [5, 5.41) is 1.88. The summed E-state index contributed by atoms with van der Waals surface area (Å²) < 4.78 is 1.46. The summed E-state index contributed by atoms with van der Waals surface area (Å²) in [5.41, 5.74) is 6.56. The second-order valence-corrected chi connectivity index (χ2v) is 4.38. The SMILES string of the molecule is CC(=O)N(I)c1cc2c(N)cccc2cn1. The van der Waals surface area contributed by atoms with Crippen molar-refractivity contribution >= 4 is 51.0 Å². The first-order valence-electron chi connectivity index (χ1n) is 4.70. The molecule has 1 aromatic carbocycles. The van der Waals surface area contributed by atoms with Gasteiger partial charge >= 0.3 is 0 Å². The molecular weight excluding hydrogens is 317 g/mol. The van der Waals surface area contributed by atoms with Crippen LogP contribution in [0.25, 0.3) is 10.8 Å². The summed E-state index contributed by atoms with van der Waals surface area (Å²) in [6, 6.07) is 7.47. The van der Waals surface area contributed by atoms with E-state index in [-0.39, 0.29) is 5.91 Å². The van der Waals surface area contributed by atoms with E-state index in [9.17, 15) is 4.79 Å². The third-order valence-corrected chi connectivity index (χ3v) is 3.43. The molecule has 0 saturated heterocycles. The molecule has 1 aromatic heterocycles. The number of carbonyl (C=O) groups excluding carboxylic acids is 1. The van der Waals surface area contributed by atoms with E-state index < -0.39 is 0 Å². The Morgan fingerprint density at radius 2 is 2.25 bits per heavy atom. The second kappa shape index (κ2) is 4.25. The molecule has 0 unspecified atom stereocenters. The van der Waals surface area contributed by atoms with Crippen LogP contribution < -0.4 is 8.85 Å². The summed E-state index contributed by atoms with van der Waals surface area (Å²) >= 11 is 1.92. The number of rotatable bonds is 1. The highest BCUT2D eigenvalue weighted by Gasteiger charge is 2.10. The number of halogens is 1. The minimum atomic E-state index is -0.0676. The van der Waals surface area contributed by atoms with E-state index in [1.54, 1.807) is 6.20 Å². The van der Waals surface area contributed by atoms with Gasteiger partial charge in [0.1, 0.15) is 5.82 Å². The molecular formula is C11H10IN3O. The van der Waals surface area contributed by atoms with Crippen LogP contribution in [0.1, 0.15) is 6.92 Å². The van der Waals surface area contributed by atoms with Gasteiger partial charge in [-0.25, -0.2) is 8.10 Å². The van der Waals surface area contributed by atoms with Gasteiger partial charge in [-0.15, -0.1) is 0 Å². The number of fused-ring (bicyclic) bond motifs is 1. The van der Waals surface area contributed by atoms with E-state index in [4.69, 9.17) is 5.73 Å². The third kappa shape index (κ3) is 1.95. The highest BCUT2D eigenvalue weighted by molar-refractivity contribution is 14.1. The van der Waals surface area contributed by atoms with E-state index in [0.717, 1.165) is 10.8 Å². The van der Waals surface area contributed by atoms with Crippen molar-refractivity contribution in [2.24, 2.45) is 0 Å². The Labute approximate surface area is 107 Å². The number of carbonyl (C=O) groups is 1. The molecule has 5 heteroatoms. The van der Waals surface area contributed by atoms with Crippen molar-refractivity contribution in [1.29, 1.82) is 0 Å². The van der Waals surface area contributed by atoms with E-state index >= 15 is 0 Å². The Hall–Kier alpha value is -1.37. The van der Waals surface area contributed by atoms with Gasteiger partial charge in [-0.05, 0) is 12.1 Å². The smallest absolute Gasteiger partial charge is 0.233 e. The van der Waals surface area contributed by atoms with Gasteiger partial charge in [0.15, 0.2) is 0 Å². The van der Waals surface area contributed by atoms with Crippen molar-refractivity contribution in [3.05, 3.63) is 30.5 Å². The molecule has 0 saturated carbocycles. The minimum absolute atomic E-state index is 0.0676. The first kappa shape index (κ1) is 11.1. The molecule has 0 fully saturated rings. The van der Waals surface area contributed by atoms with Crippen LogP contribution in [-0.2, 0) is 4.79 Å². The lowest BCUT2D eigenvalue weighted by atomic mass is 10.1. The molecule has 2 rings (SSSR count). The lowest BCUT2D eigenvalue weighted by Crippen LogP contribution is -2.16. The minimum Gasteiger partial charge on any atom is -0.398 e. The van der Waals surface area contributed by atoms with Crippen molar-refractivity contribution in [3.8, 4) is 0 Å². The second-order valence-electron chi connectivity index (χ2n) is 3.41. The molecule has 0 atom stereocenters. The molecule has 2 N–H and O–H groups in total. The number of aromatic nitrogens is 1. The fraction of sp³-hybridized carbons (Fsp3) is 0.0909. The maximum absolute atomic E-state index is 11.2. The maximum Gasteiger partial charge on any atom is 0.233 e. The van der Waals surface area contributed by atoms with E-state index in [0.29, 0.717) is 11.5 Å². The van der Waals surface area contributed by atoms with Crippen LogP contribution in [0.2, 0.25) is 0 Å². The lowest BCUT2D eigenvalue weighted by molar-refractivity contribution is -0.115. The van der Waals surface area contributed by atoms with Gasteiger partial charge in [0.2, 0.25) is 5.91 Å². The van der Waals surface area contributed by atoms with Crippen molar-refractivity contribution < 1.29 is 4.79 Å². The van der Waals surface area contributed by atoms with Gasteiger partial charge in [-0.1, -0.05) is 12.1 Å². The zero-order valence-electron chi connectivity index (χ0n) is 8.64. The molecule has 0 bridgehead atoms. The average Bonchev–Trinajstić information content (AvgIpc) is 2.28. The first-order valence-corrected chi connectivity index (χ1v) is 5.67. The molecule has 16 heavy (non-hydrogen) atoms. The summed E-state index contributed by atoms with van der Waals surface area (Å²) in [6.45, 7) is 1.49. The largest absolute Gasteiger partial charge is 0.398 e. The topological polar surface area (TPSA) is 59.2 Å². The molecule has 0 aliphatic heterocycles. The molecule has 1 heterocycles. The molecule has 0 radical (unpaired) electrons. The molecule has 82 valence electrons. The number of benzene rings is 1. The number of anilines is 2. The quantitative estimate of drug-likeness (QED) is 0.497. The number of hydrogen-bond acceptors (Lipinski definition) is 3. The van der Waals surface area contributed by atoms with Crippen LogP contribution >= 0.6 is 22.9 Å². The Balaban J connectivity index is 2.59. The molecule has 0 aliphatic carbocycles. The van der Waals surface area contributed by atoms with Crippen LogP contribution in [0.4, 0.5) is 11.5 Å². The predicted molar refractivity (Wildman–Crippen MR) is 73.3 cm³/mol. The lowest BCUT2D eigenvalue weighted by Gasteiger charge is -2.12. The maximum atomic E-state index is 11.2. The average molecular weight is 327 g/mol. The number of pyridine rings is 1. The fourth-order valence-corrected chi connectivity index (χ4v) is 1.72. The van der Waals surface area contributed by atoms with Gasteiger partial charge in [-0.2, -0.15) is 0 Å². The Morgan fingerprint density at radius 3 is 2.94 bits per heavy atom. The summed E-state index contributed by atoms with van der Waals surface area (Å²) in [4.78, 5) is 15.4. The van der Waals surface area contributed by atoms with E-state index in [2.05, 4.69) is 4.98 Å². The number of nitrogens with two attached hydrogens (primary N) is 1. The Bertz CT molecular complexity index is 556. The highest BCUT2D eigenvalue weighted by atomic mass is 127. The summed E-state index contributed by atoms with van der Waals surface area (Å²) in [5.74, 6) is 0.528. The van der Waals surface area contributed by atoms with Crippen molar-refractivity contribution in [2.75, 3.05) is 8.85 Å². The molecule has 0 spiro atoms. The van der Waals surface area contributed by atoms with Crippen LogP contribution in [0.3, 0.4) is 0 Å². The van der Waals surface area contributed by atoms with E-state index in [1.807, 2.05) is 47.1 Å².